The van der Waals surface area contributed by atoms with Crippen molar-refractivity contribution in [3.8, 4) is 0 Å². The Morgan fingerprint density at radius 2 is 1.88 bits per heavy atom. The number of imidazole rings is 1. The number of fused-ring (bicyclic) bond motifs is 1. The first kappa shape index (κ1) is 22.8. The smallest absolute Gasteiger partial charge is 0.410 e. The molecule has 1 saturated carbocycles. The van der Waals surface area contributed by atoms with Crippen molar-refractivity contribution >= 4 is 39.3 Å². The number of anilines is 1. The number of aromatic nitrogens is 3. The summed E-state index contributed by atoms with van der Waals surface area (Å²) in [5.41, 5.74) is 6.97. The summed E-state index contributed by atoms with van der Waals surface area (Å²) in [5, 5.41) is 7.76. The number of carbonyl (C=O) groups excluding carboxylic acids is 2. The van der Waals surface area contributed by atoms with Gasteiger partial charge in [-0.05, 0) is 80.6 Å². The molecule has 1 aliphatic heterocycles. The van der Waals surface area contributed by atoms with Crippen LogP contribution in [-0.4, -0.2) is 56.2 Å². The number of nitrogens with zero attached hydrogens (tertiary/aromatic N) is 4. The maximum atomic E-state index is 12.4. The molecule has 2 aromatic heterocycles. The molecular weight excluding hydrogens is 476 g/mol. The number of ether oxygens (including phenoxy) is 1. The number of carbonyl (C=O) groups is 2. The van der Waals surface area contributed by atoms with Crippen LogP contribution in [0.1, 0.15) is 69.7 Å². The molecule has 10 heteroatoms. The van der Waals surface area contributed by atoms with Crippen molar-refractivity contribution in [2.75, 3.05) is 18.4 Å². The van der Waals surface area contributed by atoms with Crippen LogP contribution in [0, 0.1) is 5.41 Å². The van der Waals surface area contributed by atoms with Crippen molar-refractivity contribution in [2.45, 2.75) is 70.9 Å². The number of primary amides is 1. The Bertz CT molecular complexity index is 1010. The number of hydrogen-bond donors (Lipinski definition) is 2. The minimum atomic E-state index is -0.525. The van der Waals surface area contributed by atoms with Gasteiger partial charge in [0.1, 0.15) is 10.2 Å². The Morgan fingerprint density at radius 1 is 1.22 bits per heavy atom. The molecule has 1 aliphatic carbocycles. The lowest BCUT2D eigenvalue weighted by Gasteiger charge is -2.46. The van der Waals surface area contributed by atoms with Gasteiger partial charge in [-0.1, -0.05) is 0 Å². The third kappa shape index (κ3) is 4.84. The van der Waals surface area contributed by atoms with Gasteiger partial charge in [-0.2, -0.15) is 5.10 Å². The Morgan fingerprint density at radius 3 is 2.47 bits per heavy atom. The summed E-state index contributed by atoms with van der Waals surface area (Å²) in [7, 11) is 0. The number of nitrogens with two attached hydrogens (primary N) is 1. The monoisotopic (exact) mass is 506 g/mol. The highest BCUT2D eigenvalue weighted by Gasteiger charge is 2.40. The first-order valence-electron chi connectivity index (χ1n) is 11.1. The molecule has 0 aromatic carbocycles. The van der Waals surface area contributed by atoms with Crippen molar-refractivity contribution in [3.05, 3.63) is 22.6 Å². The van der Waals surface area contributed by atoms with E-state index in [2.05, 4.69) is 31.3 Å². The summed E-state index contributed by atoms with van der Waals surface area (Å²) in [6, 6.07) is 0.226. The maximum Gasteiger partial charge on any atom is 0.410 e. The fraction of sp³-hybridized carbons (Fsp3) is 0.636. The topological polar surface area (TPSA) is 115 Å². The summed E-state index contributed by atoms with van der Waals surface area (Å²) in [6.07, 6.45) is 9.16. The minimum absolute atomic E-state index is 0.214. The van der Waals surface area contributed by atoms with Gasteiger partial charge in [0.15, 0.2) is 5.65 Å². The van der Waals surface area contributed by atoms with Crippen LogP contribution in [0.3, 0.4) is 0 Å². The van der Waals surface area contributed by atoms with E-state index in [9.17, 15) is 9.59 Å². The van der Waals surface area contributed by atoms with E-state index >= 15 is 0 Å². The number of rotatable bonds is 3. The second-order valence-corrected chi connectivity index (χ2v) is 10.8. The highest BCUT2D eigenvalue weighted by Crippen LogP contribution is 2.45. The van der Waals surface area contributed by atoms with Crippen molar-refractivity contribution in [1.82, 2.24) is 19.5 Å². The van der Waals surface area contributed by atoms with Gasteiger partial charge in [-0.3, -0.25) is 4.79 Å². The van der Waals surface area contributed by atoms with Crippen LogP contribution in [0.4, 0.5) is 10.5 Å². The first-order valence-corrected chi connectivity index (χ1v) is 11.9. The van der Waals surface area contributed by atoms with Gasteiger partial charge in [0.2, 0.25) is 0 Å². The lowest BCUT2D eigenvalue weighted by molar-refractivity contribution is 0.00394. The van der Waals surface area contributed by atoms with Crippen LogP contribution in [-0.2, 0) is 4.74 Å². The van der Waals surface area contributed by atoms with Crippen molar-refractivity contribution in [3.63, 3.8) is 0 Å². The molecule has 0 radical (unpaired) electrons. The molecule has 32 heavy (non-hydrogen) atoms. The molecule has 0 unspecified atom stereocenters. The number of piperidine rings is 1. The molecule has 2 aromatic rings. The van der Waals surface area contributed by atoms with Crippen LogP contribution >= 0.6 is 15.9 Å². The summed E-state index contributed by atoms with van der Waals surface area (Å²) in [4.78, 5) is 30.6. The van der Waals surface area contributed by atoms with Crippen LogP contribution in [0.5, 0.6) is 0 Å². The maximum absolute atomic E-state index is 12.4. The van der Waals surface area contributed by atoms with Gasteiger partial charge in [0.05, 0.1) is 23.6 Å². The molecule has 1 saturated heterocycles. The normalized spacial score (nSPS) is 19.3. The Hall–Kier alpha value is -2.36. The predicted octanol–water partition coefficient (Wildman–Crippen LogP) is 3.96. The summed E-state index contributed by atoms with van der Waals surface area (Å²) < 4.78 is 7.81. The van der Waals surface area contributed by atoms with Gasteiger partial charge < -0.3 is 20.7 Å². The van der Waals surface area contributed by atoms with E-state index in [0.717, 1.165) is 51.6 Å². The van der Waals surface area contributed by atoms with Gasteiger partial charge in [-0.15, -0.1) is 0 Å². The molecule has 1 spiro atoms. The van der Waals surface area contributed by atoms with Crippen LogP contribution < -0.4 is 11.1 Å². The van der Waals surface area contributed by atoms with Gasteiger partial charge in [0.25, 0.3) is 5.91 Å². The molecule has 3 N–H and O–H groups in total. The lowest BCUT2D eigenvalue weighted by atomic mass is 9.67. The zero-order valence-corrected chi connectivity index (χ0v) is 20.4. The highest BCUT2D eigenvalue weighted by atomic mass is 79.9. The standard InChI is InChI=1S/C22H31BrN6O3/c1-21(2,3)32-20(31)28-10-8-22(9-11-28)6-4-14(5-7-22)26-17-15(18(24)30)12-25-29-13-16(23)27-19(17)29/h12-14,26H,4-11H2,1-3H3,(H2,24,30). The second kappa shape index (κ2) is 8.53. The number of likely N-dealkylation sites (tertiary alicyclic amines) is 1. The molecule has 4 rings (SSSR count). The second-order valence-electron chi connectivity index (χ2n) is 10.0. The van der Waals surface area contributed by atoms with E-state index in [1.807, 2.05) is 25.7 Å². The molecule has 174 valence electrons. The molecule has 0 atom stereocenters. The molecule has 2 amide bonds. The SMILES string of the molecule is CC(C)(C)OC(=O)N1CCC2(CCC(Nc3c(C(N)=O)cnn4cc(Br)nc34)CC2)CC1. The average Bonchev–Trinajstić information content (AvgIpc) is 3.10. The van der Waals surface area contributed by atoms with Gasteiger partial charge in [0, 0.05) is 19.1 Å². The van der Waals surface area contributed by atoms with Crippen LogP contribution in [0.25, 0.3) is 5.65 Å². The van der Waals surface area contributed by atoms with Crippen LogP contribution in [0.15, 0.2) is 17.0 Å². The predicted molar refractivity (Wildman–Crippen MR) is 125 cm³/mol. The van der Waals surface area contributed by atoms with E-state index in [1.165, 1.54) is 6.20 Å². The number of nitrogens with one attached hydrogen (secondary N) is 1. The van der Waals surface area contributed by atoms with Crippen molar-refractivity contribution in [2.24, 2.45) is 11.1 Å². The quantitative estimate of drug-likeness (QED) is 0.650. The van der Waals surface area contributed by atoms with Crippen molar-refractivity contribution < 1.29 is 14.3 Å². The molecule has 2 aliphatic rings. The zero-order chi connectivity index (χ0) is 23.1. The molecule has 9 nitrogen and oxygen atoms in total. The first-order chi connectivity index (χ1) is 15.1. The number of hydrogen-bond acceptors (Lipinski definition) is 6. The van der Waals surface area contributed by atoms with E-state index < -0.39 is 11.5 Å². The van der Waals surface area contributed by atoms with Crippen molar-refractivity contribution in [1.29, 1.82) is 0 Å². The minimum Gasteiger partial charge on any atom is -0.444 e. The Labute approximate surface area is 196 Å². The third-order valence-corrected chi connectivity index (χ3v) is 6.98. The fourth-order valence-electron chi connectivity index (χ4n) is 4.80. The number of amides is 2. The number of halogens is 1. The average molecular weight is 507 g/mol. The molecule has 2 fully saturated rings. The lowest BCUT2D eigenvalue weighted by Crippen LogP contribution is -2.47. The largest absolute Gasteiger partial charge is 0.444 e. The van der Waals surface area contributed by atoms with E-state index in [1.54, 1.807) is 10.7 Å². The Kier molecular flexibility index (Phi) is 6.08. The Balaban J connectivity index is 1.39. The van der Waals surface area contributed by atoms with E-state index in [-0.39, 0.29) is 17.6 Å². The van der Waals surface area contributed by atoms with Crippen LogP contribution in [0.2, 0.25) is 0 Å². The van der Waals surface area contributed by atoms with Gasteiger partial charge in [-0.25, -0.2) is 14.3 Å². The summed E-state index contributed by atoms with van der Waals surface area (Å²) >= 11 is 3.37. The van der Waals surface area contributed by atoms with E-state index in [0.29, 0.717) is 21.5 Å². The molecule has 3 heterocycles. The summed E-state index contributed by atoms with van der Waals surface area (Å²) in [6.45, 7) is 7.17. The summed E-state index contributed by atoms with van der Waals surface area (Å²) in [5.74, 6) is -0.525. The van der Waals surface area contributed by atoms with E-state index in [4.69, 9.17) is 10.5 Å². The third-order valence-electron chi connectivity index (χ3n) is 6.60. The highest BCUT2D eigenvalue weighted by molar-refractivity contribution is 9.10. The fourth-order valence-corrected chi connectivity index (χ4v) is 5.17. The molecular formula is C22H31BrN6O3. The zero-order valence-electron chi connectivity index (χ0n) is 18.9. The van der Waals surface area contributed by atoms with Gasteiger partial charge >= 0.3 is 6.09 Å². The molecule has 0 bridgehead atoms.